The van der Waals surface area contributed by atoms with Crippen molar-refractivity contribution in [1.82, 2.24) is 9.55 Å². The Labute approximate surface area is 120 Å². The summed E-state index contributed by atoms with van der Waals surface area (Å²) in [5.41, 5.74) is 0.952. The average molecular weight is 297 g/mol. The maximum Gasteiger partial charge on any atom is 0.203 e. The topological polar surface area (TPSA) is 64.0 Å². The molecule has 1 atom stereocenters. The second-order valence-electron chi connectivity index (χ2n) is 6.15. The molecule has 0 aromatic carbocycles. The Hall–Kier alpha value is -1.04. The number of hydrogen-bond donors (Lipinski definition) is 1. The van der Waals surface area contributed by atoms with Crippen molar-refractivity contribution in [3.63, 3.8) is 0 Å². The number of hydrogen-bond acceptors (Lipinski definition) is 4. The summed E-state index contributed by atoms with van der Waals surface area (Å²) in [6, 6.07) is 0.537. The number of anilines is 1. The Morgan fingerprint density at radius 1 is 1.25 bits per heavy atom. The van der Waals surface area contributed by atoms with Crippen molar-refractivity contribution >= 4 is 15.8 Å². The molecule has 2 fully saturated rings. The van der Waals surface area contributed by atoms with Crippen LogP contribution in [0.1, 0.15) is 50.3 Å². The van der Waals surface area contributed by atoms with E-state index in [-0.39, 0.29) is 11.8 Å². The van der Waals surface area contributed by atoms with Crippen molar-refractivity contribution in [3.8, 4) is 0 Å². The van der Waals surface area contributed by atoms with E-state index in [0.717, 1.165) is 24.5 Å². The van der Waals surface area contributed by atoms with Gasteiger partial charge in [0.05, 0.1) is 23.2 Å². The van der Waals surface area contributed by atoms with Gasteiger partial charge in [0, 0.05) is 12.2 Å². The first-order chi connectivity index (χ1) is 9.53. The molecule has 20 heavy (non-hydrogen) atoms. The molecule has 2 aliphatic rings. The van der Waals surface area contributed by atoms with Crippen LogP contribution in [-0.2, 0) is 9.84 Å². The van der Waals surface area contributed by atoms with Crippen molar-refractivity contribution in [2.24, 2.45) is 0 Å². The van der Waals surface area contributed by atoms with Gasteiger partial charge in [-0.3, -0.25) is 0 Å². The van der Waals surface area contributed by atoms with E-state index in [0.29, 0.717) is 11.8 Å². The minimum Gasteiger partial charge on any atom is -0.353 e. The number of imidazole rings is 1. The van der Waals surface area contributed by atoms with Crippen molar-refractivity contribution in [2.45, 2.75) is 57.5 Å². The third-order valence-corrected chi connectivity index (χ3v) is 6.18. The smallest absolute Gasteiger partial charge is 0.203 e. The van der Waals surface area contributed by atoms with Crippen LogP contribution in [0.15, 0.2) is 6.20 Å². The molecule has 1 saturated heterocycles. The molecule has 1 aromatic heterocycles. The van der Waals surface area contributed by atoms with Gasteiger partial charge in [-0.05, 0) is 32.6 Å². The highest BCUT2D eigenvalue weighted by Crippen LogP contribution is 2.28. The number of sulfone groups is 1. The summed E-state index contributed by atoms with van der Waals surface area (Å²) < 4.78 is 25.7. The summed E-state index contributed by atoms with van der Waals surface area (Å²) >= 11 is 0. The van der Waals surface area contributed by atoms with Gasteiger partial charge in [-0.1, -0.05) is 12.8 Å². The van der Waals surface area contributed by atoms with Crippen LogP contribution in [0.25, 0.3) is 0 Å². The highest BCUT2D eigenvalue weighted by atomic mass is 32.2. The first-order valence-corrected chi connectivity index (χ1v) is 9.38. The van der Waals surface area contributed by atoms with Crippen LogP contribution in [0.3, 0.4) is 0 Å². The van der Waals surface area contributed by atoms with E-state index in [2.05, 4.69) is 14.9 Å². The van der Waals surface area contributed by atoms with Gasteiger partial charge >= 0.3 is 0 Å². The number of aromatic nitrogens is 2. The van der Waals surface area contributed by atoms with Gasteiger partial charge < -0.3 is 9.88 Å². The van der Waals surface area contributed by atoms with Crippen LogP contribution >= 0.6 is 0 Å². The summed E-state index contributed by atoms with van der Waals surface area (Å²) in [5, 5.41) is 3.51. The predicted molar refractivity (Wildman–Crippen MR) is 79.8 cm³/mol. The lowest BCUT2D eigenvalue weighted by atomic mass is 10.2. The fourth-order valence-corrected chi connectivity index (χ4v) is 5.06. The molecule has 0 spiro atoms. The minimum absolute atomic E-state index is 0.0406. The lowest BCUT2D eigenvalue weighted by Crippen LogP contribution is -2.29. The van der Waals surface area contributed by atoms with Crippen LogP contribution in [0, 0.1) is 6.92 Å². The SMILES string of the molecule is Cc1cn(C2CCCS(=O)(=O)C2)c(NC2CCCC2)n1. The Morgan fingerprint density at radius 2 is 2.00 bits per heavy atom. The van der Waals surface area contributed by atoms with E-state index < -0.39 is 9.84 Å². The van der Waals surface area contributed by atoms with Crippen LogP contribution in [0.5, 0.6) is 0 Å². The van der Waals surface area contributed by atoms with Crippen molar-refractivity contribution < 1.29 is 8.42 Å². The zero-order chi connectivity index (χ0) is 14.2. The fourth-order valence-electron chi connectivity index (χ4n) is 3.37. The predicted octanol–water partition coefficient (Wildman–Crippen LogP) is 2.30. The molecule has 0 amide bonds. The molecule has 112 valence electrons. The second-order valence-corrected chi connectivity index (χ2v) is 8.38. The lowest BCUT2D eigenvalue weighted by molar-refractivity contribution is 0.471. The maximum absolute atomic E-state index is 11.8. The Balaban J connectivity index is 1.81. The molecule has 0 bridgehead atoms. The molecule has 2 heterocycles. The lowest BCUT2D eigenvalue weighted by Gasteiger charge is -2.25. The van der Waals surface area contributed by atoms with Crippen LogP contribution in [0.4, 0.5) is 5.95 Å². The first-order valence-electron chi connectivity index (χ1n) is 7.56. The quantitative estimate of drug-likeness (QED) is 0.930. The largest absolute Gasteiger partial charge is 0.353 e. The van der Waals surface area contributed by atoms with Crippen molar-refractivity contribution in [2.75, 3.05) is 16.8 Å². The molecule has 5 nitrogen and oxygen atoms in total. The summed E-state index contributed by atoms with van der Waals surface area (Å²) in [5.74, 6) is 1.45. The molecule has 6 heteroatoms. The molecule has 1 aliphatic carbocycles. The Morgan fingerprint density at radius 3 is 2.70 bits per heavy atom. The molecule has 1 N–H and O–H groups in total. The zero-order valence-electron chi connectivity index (χ0n) is 12.0. The van der Waals surface area contributed by atoms with E-state index in [9.17, 15) is 8.42 Å². The number of nitrogens with one attached hydrogen (secondary N) is 1. The van der Waals surface area contributed by atoms with Gasteiger partial charge in [-0.25, -0.2) is 13.4 Å². The van der Waals surface area contributed by atoms with Crippen molar-refractivity contribution in [3.05, 3.63) is 11.9 Å². The first kappa shape index (κ1) is 13.9. The highest BCUT2D eigenvalue weighted by Gasteiger charge is 2.28. The third-order valence-electron chi connectivity index (χ3n) is 4.37. The van der Waals surface area contributed by atoms with Crippen LogP contribution in [0.2, 0.25) is 0 Å². The molecular weight excluding hydrogens is 274 g/mol. The number of nitrogens with zero attached hydrogens (tertiary/aromatic N) is 2. The van der Waals surface area contributed by atoms with Gasteiger partial charge in [0.25, 0.3) is 0 Å². The van der Waals surface area contributed by atoms with E-state index in [1.54, 1.807) is 0 Å². The summed E-state index contributed by atoms with van der Waals surface area (Å²) in [7, 11) is -2.89. The van der Waals surface area contributed by atoms with Crippen LogP contribution < -0.4 is 5.32 Å². The maximum atomic E-state index is 11.8. The van der Waals surface area contributed by atoms with Crippen LogP contribution in [-0.4, -0.2) is 35.5 Å². The van der Waals surface area contributed by atoms with Crippen molar-refractivity contribution in [1.29, 1.82) is 0 Å². The molecule has 3 rings (SSSR count). The van der Waals surface area contributed by atoms with E-state index in [4.69, 9.17) is 0 Å². The molecule has 1 unspecified atom stereocenters. The summed E-state index contributed by atoms with van der Waals surface area (Å²) in [4.78, 5) is 4.55. The number of rotatable bonds is 3. The second kappa shape index (κ2) is 5.39. The van der Waals surface area contributed by atoms with E-state index >= 15 is 0 Å². The highest BCUT2D eigenvalue weighted by molar-refractivity contribution is 7.91. The molecule has 1 saturated carbocycles. The molecule has 1 aromatic rings. The fraction of sp³-hybridized carbons (Fsp3) is 0.786. The van der Waals surface area contributed by atoms with Gasteiger partial charge in [-0.2, -0.15) is 0 Å². The van der Waals surface area contributed by atoms with Gasteiger partial charge in [0.2, 0.25) is 5.95 Å². The molecule has 1 aliphatic heterocycles. The zero-order valence-corrected chi connectivity index (χ0v) is 12.8. The monoisotopic (exact) mass is 297 g/mol. The van der Waals surface area contributed by atoms with Gasteiger partial charge in [0.1, 0.15) is 0 Å². The van der Waals surface area contributed by atoms with E-state index in [1.165, 1.54) is 25.7 Å². The standard InChI is InChI=1S/C14H23N3O2S/c1-11-9-17(13-7-4-8-20(18,19)10-13)14(15-11)16-12-5-2-3-6-12/h9,12-13H,2-8,10H2,1H3,(H,15,16). The third kappa shape index (κ3) is 3.00. The molecular formula is C14H23N3O2S. The normalized spacial score (nSPS) is 26.8. The van der Waals surface area contributed by atoms with E-state index in [1.807, 2.05) is 13.1 Å². The Kier molecular flexibility index (Phi) is 3.75. The minimum atomic E-state index is -2.89. The van der Waals surface area contributed by atoms with Gasteiger partial charge in [-0.15, -0.1) is 0 Å². The molecule has 0 radical (unpaired) electrons. The summed E-state index contributed by atoms with van der Waals surface area (Å²) in [6.07, 6.45) is 8.60. The summed E-state index contributed by atoms with van der Waals surface area (Å²) in [6.45, 7) is 1.97. The van der Waals surface area contributed by atoms with Gasteiger partial charge in [0.15, 0.2) is 9.84 Å². The number of aryl methyl sites for hydroxylation is 1. The average Bonchev–Trinajstić information content (AvgIpc) is 2.98. The Bertz CT molecular complexity index is 573.